The highest BCUT2D eigenvalue weighted by Gasteiger charge is 2.33. The molecule has 152 valence electrons. The van der Waals surface area contributed by atoms with Crippen LogP contribution >= 0.6 is 12.6 Å². The molecule has 1 aliphatic rings. The largest absolute Gasteiger partial charge is 0.503 e. The summed E-state index contributed by atoms with van der Waals surface area (Å²) in [5, 5.41) is -0.259. The van der Waals surface area contributed by atoms with Crippen molar-refractivity contribution in [1.29, 1.82) is 0 Å². The van der Waals surface area contributed by atoms with Crippen LogP contribution < -0.4 is 4.74 Å². The van der Waals surface area contributed by atoms with E-state index in [1.54, 1.807) is 7.11 Å². The fourth-order valence-electron chi connectivity index (χ4n) is 3.15. The molecule has 1 fully saturated rings. The van der Waals surface area contributed by atoms with Crippen molar-refractivity contribution in [2.75, 3.05) is 21.3 Å². The Morgan fingerprint density at radius 1 is 1.10 bits per heavy atom. The highest BCUT2D eigenvalue weighted by molar-refractivity contribution is 7.81. The maximum absolute atomic E-state index is 12.3. The molecule has 0 radical (unpaired) electrons. The molecule has 5 nitrogen and oxygen atoms in total. The number of ether oxygens (including phenoxy) is 3. The van der Waals surface area contributed by atoms with E-state index < -0.39 is 5.97 Å². The van der Waals surface area contributed by atoms with Gasteiger partial charge in [-0.05, 0) is 54.2 Å². The van der Waals surface area contributed by atoms with Crippen LogP contribution in [0.4, 0.5) is 5.69 Å². The highest BCUT2D eigenvalue weighted by Crippen LogP contribution is 2.41. The molecule has 0 aliphatic heterocycles. The number of rotatable bonds is 8. The second-order valence-corrected chi connectivity index (χ2v) is 7.27. The summed E-state index contributed by atoms with van der Waals surface area (Å²) in [6.45, 7) is 0. The molecule has 0 bridgehead atoms. The first-order chi connectivity index (χ1) is 14.1. The average molecular weight is 412 g/mol. The van der Waals surface area contributed by atoms with Crippen molar-refractivity contribution in [2.24, 2.45) is 10.9 Å². The fraction of sp³-hybridized carbons (Fsp3) is 0.304. The quantitative estimate of drug-likeness (QED) is 0.218. The van der Waals surface area contributed by atoms with Crippen LogP contribution in [-0.4, -0.2) is 33.0 Å². The van der Waals surface area contributed by atoms with E-state index in [2.05, 4.69) is 0 Å². The van der Waals surface area contributed by atoms with Gasteiger partial charge < -0.3 is 14.2 Å². The summed E-state index contributed by atoms with van der Waals surface area (Å²) in [4.78, 5) is 17.2. The smallest absolute Gasteiger partial charge is 0.341 e. The van der Waals surface area contributed by atoms with E-state index >= 15 is 0 Å². The average Bonchev–Trinajstić information content (AvgIpc) is 3.60. The Morgan fingerprint density at radius 2 is 1.79 bits per heavy atom. The zero-order chi connectivity index (χ0) is 20.8. The summed E-state index contributed by atoms with van der Waals surface area (Å²) in [7, 11) is 4.50. The van der Waals surface area contributed by atoms with Gasteiger partial charge in [-0.1, -0.05) is 24.3 Å². The van der Waals surface area contributed by atoms with E-state index in [1.807, 2.05) is 48.5 Å². The predicted molar refractivity (Wildman–Crippen MR) is 118 cm³/mol. The lowest BCUT2D eigenvalue weighted by Gasteiger charge is -2.19. The van der Waals surface area contributed by atoms with E-state index in [4.69, 9.17) is 31.8 Å². The molecule has 0 spiro atoms. The topological polar surface area (TPSA) is 57.1 Å². The van der Waals surface area contributed by atoms with Crippen LogP contribution in [-0.2, 0) is 14.3 Å². The summed E-state index contributed by atoms with van der Waals surface area (Å²) in [5.41, 5.74) is 3.81. The number of hydrogen-bond donors (Lipinski definition) is 1. The lowest BCUT2D eigenvalue weighted by Crippen LogP contribution is -2.14. The summed E-state index contributed by atoms with van der Waals surface area (Å²) in [5.74, 6) is 0.720. The van der Waals surface area contributed by atoms with Gasteiger partial charge in [0.2, 0.25) is 0 Å². The van der Waals surface area contributed by atoms with Crippen molar-refractivity contribution in [2.45, 2.75) is 18.1 Å². The predicted octanol–water partition coefficient (Wildman–Crippen LogP) is 5.01. The molecule has 1 atom stereocenters. The molecule has 0 heterocycles. The van der Waals surface area contributed by atoms with E-state index in [0.29, 0.717) is 11.5 Å². The third kappa shape index (κ3) is 5.01. The third-order valence-corrected chi connectivity index (χ3v) is 5.34. The first-order valence-corrected chi connectivity index (χ1v) is 9.91. The molecule has 0 N–H and O–H groups in total. The van der Waals surface area contributed by atoms with Crippen molar-refractivity contribution in [3.05, 3.63) is 65.9 Å². The van der Waals surface area contributed by atoms with Crippen LogP contribution in [0.15, 0.2) is 59.8 Å². The molecule has 0 aromatic heterocycles. The van der Waals surface area contributed by atoms with Gasteiger partial charge in [-0.25, -0.2) is 4.79 Å². The number of carbonyl (C=O) groups excluding carboxylic acids is 1. The monoisotopic (exact) mass is 411 g/mol. The molecule has 0 amide bonds. The number of carbonyl (C=O) groups is 1. The lowest BCUT2D eigenvalue weighted by molar-refractivity contribution is -0.133. The number of esters is 1. The third-order valence-electron chi connectivity index (χ3n) is 4.79. The molecule has 2 aromatic carbocycles. The van der Waals surface area contributed by atoms with Gasteiger partial charge in [0.15, 0.2) is 0 Å². The molecular formula is C23H25NO4S. The number of benzene rings is 2. The second kappa shape index (κ2) is 9.65. The molecule has 6 heteroatoms. The molecule has 1 saturated carbocycles. The van der Waals surface area contributed by atoms with E-state index in [0.717, 1.165) is 41.1 Å². The van der Waals surface area contributed by atoms with Gasteiger partial charge in [0.05, 0.1) is 38.5 Å². The number of thiol groups is 1. The maximum Gasteiger partial charge on any atom is 0.341 e. The lowest BCUT2D eigenvalue weighted by atomic mass is 9.94. The van der Waals surface area contributed by atoms with E-state index in [9.17, 15) is 4.79 Å². The molecule has 0 saturated heterocycles. The Hall–Kier alpha value is -2.73. The van der Waals surface area contributed by atoms with Crippen molar-refractivity contribution in [1.82, 2.24) is 0 Å². The van der Waals surface area contributed by atoms with Crippen LogP contribution in [0.1, 0.15) is 29.2 Å². The Morgan fingerprint density at radius 3 is 2.38 bits per heavy atom. The molecule has 3 rings (SSSR count). The molecular weight excluding hydrogens is 386 g/mol. The second-order valence-electron chi connectivity index (χ2n) is 6.76. The standard InChI is InChI=1S/C23H25NO4S/c1-26-14-20(23(25)28-3)18-6-4-5-7-19(18)22(29)21(15-8-9-15)24-16-10-12-17(27-2)13-11-16/h4-7,10-15,22,29H,8-9H2,1-3H3/b20-14+,24-21?. The molecule has 2 aromatic rings. The molecule has 1 aliphatic carbocycles. The first-order valence-electron chi connectivity index (χ1n) is 9.40. The van der Waals surface area contributed by atoms with Crippen LogP contribution in [0.25, 0.3) is 5.57 Å². The Balaban J connectivity index is 2.01. The van der Waals surface area contributed by atoms with E-state index in [-0.39, 0.29) is 5.25 Å². The van der Waals surface area contributed by atoms with Crippen molar-refractivity contribution in [3.8, 4) is 5.75 Å². The SMILES string of the molecule is CO/C=C(/C(=O)OC)c1ccccc1C(S)C(=Nc1ccc(OC)cc1)C1CC1. The summed E-state index contributed by atoms with van der Waals surface area (Å²) < 4.78 is 15.3. The van der Waals surface area contributed by atoms with Gasteiger partial charge in [0, 0.05) is 5.71 Å². The number of methoxy groups -OCH3 is 3. The van der Waals surface area contributed by atoms with Crippen molar-refractivity contribution < 1.29 is 19.0 Å². The Labute approximate surface area is 176 Å². The zero-order valence-electron chi connectivity index (χ0n) is 16.8. The van der Waals surface area contributed by atoms with Crippen molar-refractivity contribution in [3.63, 3.8) is 0 Å². The molecule has 1 unspecified atom stereocenters. The van der Waals surface area contributed by atoms with Gasteiger partial charge in [0.25, 0.3) is 0 Å². The Bertz CT molecular complexity index is 917. The Kier molecular flexibility index (Phi) is 6.99. The summed E-state index contributed by atoms with van der Waals surface area (Å²) in [6.07, 6.45) is 3.58. The maximum atomic E-state index is 12.3. The van der Waals surface area contributed by atoms with Gasteiger partial charge in [-0.15, -0.1) is 0 Å². The minimum atomic E-state index is -0.458. The van der Waals surface area contributed by atoms with Crippen molar-refractivity contribution >= 4 is 35.6 Å². The summed E-state index contributed by atoms with van der Waals surface area (Å²) >= 11 is 4.92. The van der Waals surface area contributed by atoms with Crippen LogP contribution in [0.2, 0.25) is 0 Å². The van der Waals surface area contributed by atoms with Gasteiger partial charge in [0.1, 0.15) is 11.3 Å². The number of hydrogen-bond acceptors (Lipinski definition) is 6. The first kappa shape index (κ1) is 21.0. The number of aliphatic imine (C=N–C) groups is 1. The van der Waals surface area contributed by atoms with Crippen LogP contribution in [0.5, 0.6) is 5.75 Å². The van der Waals surface area contributed by atoms with Gasteiger partial charge in [-0.3, -0.25) is 4.99 Å². The minimum Gasteiger partial charge on any atom is -0.503 e. The summed E-state index contributed by atoms with van der Waals surface area (Å²) in [6, 6.07) is 15.3. The zero-order valence-corrected chi connectivity index (χ0v) is 17.7. The highest BCUT2D eigenvalue weighted by atomic mass is 32.1. The fourth-order valence-corrected chi connectivity index (χ4v) is 3.64. The van der Waals surface area contributed by atoms with E-state index in [1.165, 1.54) is 20.5 Å². The minimum absolute atomic E-state index is 0.259. The number of nitrogens with zero attached hydrogens (tertiary/aromatic N) is 1. The van der Waals surface area contributed by atoms with Crippen LogP contribution in [0.3, 0.4) is 0 Å². The molecule has 29 heavy (non-hydrogen) atoms. The van der Waals surface area contributed by atoms with Gasteiger partial charge in [-0.2, -0.15) is 12.6 Å². The van der Waals surface area contributed by atoms with Crippen LogP contribution in [0, 0.1) is 5.92 Å². The van der Waals surface area contributed by atoms with Gasteiger partial charge >= 0.3 is 5.97 Å². The normalized spacial score (nSPS) is 15.6.